The van der Waals surface area contributed by atoms with Gasteiger partial charge in [-0.3, -0.25) is 4.79 Å². The van der Waals surface area contributed by atoms with Crippen LogP contribution in [-0.2, 0) is 4.79 Å². The second-order valence-corrected chi connectivity index (χ2v) is 4.81. The molecule has 0 aliphatic carbocycles. The Morgan fingerprint density at radius 2 is 1.70 bits per heavy atom. The number of aliphatic hydroxyl groups is 2. The van der Waals surface area contributed by atoms with E-state index in [0.717, 1.165) is 0 Å². The van der Waals surface area contributed by atoms with Gasteiger partial charge in [0.25, 0.3) is 5.91 Å². The minimum Gasteiger partial charge on any atom is -0.497 e. The Balaban J connectivity index is 1.93. The number of amides is 1. The number of aliphatic hydroxyl groups excluding tert-OH is 2. The first kappa shape index (κ1) is 14.6. The molecule has 3 atom stereocenters. The van der Waals surface area contributed by atoms with Crippen LogP contribution in [0.3, 0.4) is 0 Å². The van der Waals surface area contributed by atoms with Crippen LogP contribution >= 0.6 is 0 Å². The molecule has 110 valence electrons. The highest BCUT2D eigenvalue weighted by molar-refractivity contribution is 5.81. The highest BCUT2D eigenvalue weighted by Crippen LogP contribution is 2.19. The fourth-order valence-electron chi connectivity index (χ4n) is 2.12. The Morgan fingerprint density at radius 1 is 1.20 bits per heavy atom. The molecule has 1 aromatic rings. The van der Waals surface area contributed by atoms with Crippen LogP contribution in [-0.4, -0.2) is 59.5 Å². The van der Waals surface area contributed by atoms with E-state index in [4.69, 9.17) is 9.47 Å². The van der Waals surface area contributed by atoms with Gasteiger partial charge >= 0.3 is 0 Å². The molecule has 1 aliphatic heterocycles. The first-order chi connectivity index (χ1) is 9.51. The zero-order valence-corrected chi connectivity index (χ0v) is 11.5. The molecule has 0 radical (unpaired) electrons. The summed E-state index contributed by atoms with van der Waals surface area (Å²) in [6.07, 6.45) is -2.44. The van der Waals surface area contributed by atoms with Crippen LogP contribution in [0.5, 0.6) is 11.5 Å². The summed E-state index contributed by atoms with van der Waals surface area (Å²) >= 11 is 0. The molecule has 1 aromatic carbocycles. The fourth-order valence-corrected chi connectivity index (χ4v) is 2.12. The lowest BCUT2D eigenvalue weighted by atomic mass is 10.3. The quantitative estimate of drug-likeness (QED) is 0.814. The highest BCUT2D eigenvalue weighted by Gasteiger charge is 2.34. The lowest BCUT2D eigenvalue weighted by Gasteiger charge is -2.21. The molecule has 1 saturated heterocycles. The molecule has 1 amide bonds. The van der Waals surface area contributed by atoms with Crippen LogP contribution in [0.15, 0.2) is 24.3 Å². The Kier molecular flexibility index (Phi) is 4.46. The number of methoxy groups -OCH3 is 1. The summed E-state index contributed by atoms with van der Waals surface area (Å²) in [5, 5.41) is 18.9. The van der Waals surface area contributed by atoms with Gasteiger partial charge in [0.05, 0.1) is 19.3 Å². The first-order valence-electron chi connectivity index (χ1n) is 6.47. The normalized spacial score (nSPS) is 23.5. The smallest absolute Gasteiger partial charge is 0.263 e. The van der Waals surface area contributed by atoms with Gasteiger partial charge in [-0.2, -0.15) is 0 Å². The van der Waals surface area contributed by atoms with Crippen molar-refractivity contribution in [2.75, 3.05) is 20.2 Å². The average molecular weight is 281 g/mol. The molecule has 3 unspecified atom stereocenters. The number of carbonyl (C=O) groups excluding carboxylic acids is 1. The van der Waals surface area contributed by atoms with Gasteiger partial charge in [0.1, 0.15) is 11.5 Å². The molecule has 0 saturated carbocycles. The maximum Gasteiger partial charge on any atom is 0.263 e. The van der Waals surface area contributed by atoms with E-state index in [9.17, 15) is 15.0 Å². The standard InChI is InChI=1S/C14H19NO5/c1-9(14(18)15-7-12(16)13(17)8-15)20-11-5-3-10(19-2)4-6-11/h3-6,9,12-13,16-17H,7-8H2,1-2H3. The van der Waals surface area contributed by atoms with Gasteiger partial charge in [-0.05, 0) is 31.2 Å². The van der Waals surface area contributed by atoms with Gasteiger partial charge in [0.2, 0.25) is 0 Å². The lowest BCUT2D eigenvalue weighted by Crippen LogP contribution is -2.39. The molecule has 1 aliphatic rings. The van der Waals surface area contributed by atoms with Crippen LogP contribution in [0.1, 0.15) is 6.92 Å². The summed E-state index contributed by atoms with van der Waals surface area (Å²) in [6, 6.07) is 6.93. The summed E-state index contributed by atoms with van der Waals surface area (Å²) < 4.78 is 10.6. The van der Waals surface area contributed by atoms with E-state index >= 15 is 0 Å². The molecule has 0 spiro atoms. The van der Waals surface area contributed by atoms with Crippen molar-refractivity contribution in [3.8, 4) is 11.5 Å². The SMILES string of the molecule is COc1ccc(OC(C)C(=O)N2CC(O)C(O)C2)cc1. The van der Waals surface area contributed by atoms with E-state index in [2.05, 4.69) is 0 Å². The molecule has 0 aromatic heterocycles. The molecule has 0 bridgehead atoms. The van der Waals surface area contributed by atoms with Gasteiger partial charge < -0.3 is 24.6 Å². The monoisotopic (exact) mass is 281 g/mol. The van der Waals surface area contributed by atoms with Gasteiger partial charge in [-0.1, -0.05) is 0 Å². The molecule has 1 fully saturated rings. The molecule has 6 nitrogen and oxygen atoms in total. The van der Waals surface area contributed by atoms with Gasteiger partial charge in [-0.15, -0.1) is 0 Å². The first-order valence-corrected chi connectivity index (χ1v) is 6.47. The third-order valence-electron chi connectivity index (χ3n) is 3.29. The third-order valence-corrected chi connectivity index (χ3v) is 3.29. The number of hydrogen-bond donors (Lipinski definition) is 2. The van der Waals surface area contributed by atoms with E-state index in [1.165, 1.54) is 4.90 Å². The highest BCUT2D eigenvalue weighted by atomic mass is 16.5. The molecule has 6 heteroatoms. The minimum atomic E-state index is -0.882. The summed E-state index contributed by atoms with van der Waals surface area (Å²) in [6.45, 7) is 1.91. The Labute approximate surface area is 117 Å². The van der Waals surface area contributed by atoms with Crippen molar-refractivity contribution in [3.05, 3.63) is 24.3 Å². The lowest BCUT2D eigenvalue weighted by molar-refractivity contribution is -0.137. The van der Waals surface area contributed by atoms with Crippen molar-refractivity contribution >= 4 is 5.91 Å². The number of hydrogen-bond acceptors (Lipinski definition) is 5. The number of likely N-dealkylation sites (tertiary alicyclic amines) is 1. The summed E-state index contributed by atoms with van der Waals surface area (Å²) in [5.41, 5.74) is 0. The summed E-state index contributed by atoms with van der Waals surface area (Å²) in [7, 11) is 1.58. The topological polar surface area (TPSA) is 79.2 Å². The van der Waals surface area contributed by atoms with Crippen molar-refractivity contribution in [1.29, 1.82) is 0 Å². The molecular formula is C14H19NO5. The van der Waals surface area contributed by atoms with Crippen molar-refractivity contribution in [3.63, 3.8) is 0 Å². The second-order valence-electron chi connectivity index (χ2n) is 4.81. The molecular weight excluding hydrogens is 262 g/mol. The third kappa shape index (κ3) is 3.20. The number of rotatable bonds is 4. The number of nitrogens with zero attached hydrogens (tertiary/aromatic N) is 1. The minimum absolute atomic E-state index is 0.135. The Morgan fingerprint density at radius 3 is 2.20 bits per heavy atom. The van der Waals surface area contributed by atoms with Crippen molar-refractivity contribution in [1.82, 2.24) is 4.90 Å². The zero-order valence-electron chi connectivity index (χ0n) is 11.5. The molecule has 1 heterocycles. The van der Waals surface area contributed by atoms with E-state index in [0.29, 0.717) is 11.5 Å². The van der Waals surface area contributed by atoms with Crippen LogP contribution < -0.4 is 9.47 Å². The number of β-amino-alcohol motifs (C(OH)–C–C–N with tert-alkyl or cyclic N) is 2. The van der Waals surface area contributed by atoms with Crippen molar-refractivity contribution in [2.45, 2.75) is 25.2 Å². The molecule has 2 rings (SSSR count). The maximum atomic E-state index is 12.1. The average Bonchev–Trinajstić information content (AvgIpc) is 2.78. The predicted molar refractivity (Wildman–Crippen MR) is 71.7 cm³/mol. The Hall–Kier alpha value is -1.79. The van der Waals surface area contributed by atoms with E-state index in [1.54, 1.807) is 38.3 Å². The zero-order chi connectivity index (χ0) is 14.7. The van der Waals surface area contributed by atoms with Gasteiger partial charge in [0, 0.05) is 13.1 Å². The van der Waals surface area contributed by atoms with Crippen LogP contribution in [0.2, 0.25) is 0 Å². The van der Waals surface area contributed by atoms with Crippen LogP contribution in [0, 0.1) is 0 Å². The number of benzene rings is 1. The van der Waals surface area contributed by atoms with Crippen LogP contribution in [0.4, 0.5) is 0 Å². The van der Waals surface area contributed by atoms with E-state index < -0.39 is 18.3 Å². The van der Waals surface area contributed by atoms with E-state index in [1.807, 2.05) is 0 Å². The van der Waals surface area contributed by atoms with E-state index in [-0.39, 0.29) is 19.0 Å². The molecule has 20 heavy (non-hydrogen) atoms. The number of carbonyl (C=O) groups is 1. The molecule has 2 N–H and O–H groups in total. The number of ether oxygens (including phenoxy) is 2. The maximum absolute atomic E-state index is 12.1. The van der Waals surface area contributed by atoms with Crippen molar-refractivity contribution in [2.24, 2.45) is 0 Å². The second kappa shape index (κ2) is 6.11. The van der Waals surface area contributed by atoms with Gasteiger partial charge in [0.15, 0.2) is 6.10 Å². The fraction of sp³-hybridized carbons (Fsp3) is 0.500. The predicted octanol–water partition coefficient (Wildman–Crippen LogP) is 0.0265. The summed E-state index contributed by atoms with van der Waals surface area (Å²) in [4.78, 5) is 13.5. The largest absolute Gasteiger partial charge is 0.497 e. The van der Waals surface area contributed by atoms with Crippen LogP contribution in [0.25, 0.3) is 0 Å². The van der Waals surface area contributed by atoms with Gasteiger partial charge in [-0.25, -0.2) is 0 Å². The summed E-state index contributed by atoms with van der Waals surface area (Å²) in [5.74, 6) is 1.02. The Bertz CT molecular complexity index is 451. The van der Waals surface area contributed by atoms with Crippen molar-refractivity contribution < 1.29 is 24.5 Å².